The molecule has 0 saturated heterocycles. The number of aromatic nitrogens is 1. The molecular formula is C20H17FN2O4S. The number of carbonyl (C=O) groups excluding carboxylic acids is 2. The molecule has 0 fully saturated rings. The van der Waals surface area contributed by atoms with E-state index in [1.54, 1.807) is 48.7 Å². The molecule has 0 radical (unpaired) electrons. The average Bonchev–Trinajstić information content (AvgIpc) is 3.16. The van der Waals surface area contributed by atoms with Crippen molar-refractivity contribution in [2.75, 3.05) is 11.9 Å². The van der Waals surface area contributed by atoms with Crippen LogP contribution in [0.1, 0.15) is 23.0 Å². The molecule has 2 aromatic carbocycles. The summed E-state index contributed by atoms with van der Waals surface area (Å²) < 4.78 is 23.1. The number of nitrogens with zero attached hydrogens (tertiary/aromatic N) is 1. The van der Waals surface area contributed by atoms with Crippen LogP contribution >= 0.6 is 11.3 Å². The predicted octanol–water partition coefficient (Wildman–Crippen LogP) is 4.87. The van der Waals surface area contributed by atoms with E-state index in [2.05, 4.69) is 10.3 Å². The summed E-state index contributed by atoms with van der Waals surface area (Å²) in [6.07, 6.45) is -0.557. The van der Waals surface area contributed by atoms with E-state index in [1.807, 2.05) is 0 Å². The van der Waals surface area contributed by atoms with Gasteiger partial charge in [-0.1, -0.05) is 0 Å². The lowest BCUT2D eigenvalue weighted by Crippen LogP contribution is -2.13. The van der Waals surface area contributed by atoms with Crippen molar-refractivity contribution in [1.29, 1.82) is 0 Å². The van der Waals surface area contributed by atoms with E-state index in [-0.39, 0.29) is 19.0 Å². The number of nitrogens with one attached hydrogen (secondary N) is 1. The summed E-state index contributed by atoms with van der Waals surface area (Å²) >= 11 is 1.39. The van der Waals surface area contributed by atoms with Crippen molar-refractivity contribution in [2.45, 2.75) is 13.5 Å². The van der Waals surface area contributed by atoms with Crippen LogP contribution in [-0.2, 0) is 16.1 Å². The summed E-state index contributed by atoms with van der Waals surface area (Å²) in [5.74, 6) is -0.808. The molecule has 8 heteroatoms. The molecule has 1 N–H and O–H groups in total. The SMILES string of the molecule is CCOC(=O)Nc1ccc(C(=O)OCc2csc(-c3ccc(F)cc3)n2)cc1. The maximum Gasteiger partial charge on any atom is 0.411 e. The van der Waals surface area contributed by atoms with Crippen molar-refractivity contribution >= 4 is 29.1 Å². The van der Waals surface area contributed by atoms with E-state index in [0.29, 0.717) is 16.9 Å². The maximum atomic E-state index is 13.0. The van der Waals surface area contributed by atoms with Crippen molar-refractivity contribution in [3.05, 3.63) is 71.0 Å². The van der Waals surface area contributed by atoms with Gasteiger partial charge in [0.1, 0.15) is 17.4 Å². The molecule has 0 unspecified atom stereocenters. The highest BCUT2D eigenvalue weighted by atomic mass is 32.1. The van der Waals surface area contributed by atoms with Crippen LogP contribution in [0.4, 0.5) is 14.9 Å². The highest BCUT2D eigenvalue weighted by Gasteiger charge is 2.11. The second-order valence-corrected chi connectivity index (χ2v) is 6.51. The fourth-order valence-corrected chi connectivity index (χ4v) is 3.11. The molecule has 0 atom stereocenters. The molecule has 0 bridgehead atoms. The molecule has 3 rings (SSSR count). The third kappa shape index (κ3) is 5.14. The van der Waals surface area contributed by atoms with Crippen LogP contribution in [-0.4, -0.2) is 23.7 Å². The Labute approximate surface area is 164 Å². The Morgan fingerprint density at radius 1 is 1.07 bits per heavy atom. The molecule has 0 saturated carbocycles. The smallest absolute Gasteiger partial charge is 0.411 e. The zero-order valence-electron chi connectivity index (χ0n) is 15.0. The molecular weight excluding hydrogens is 383 g/mol. The number of rotatable bonds is 6. The van der Waals surface area contributed by atoms with Crippen LogP contribution in [0.5, 0.6) is 0 Å². The fourth-order valence-electron chi connectivity index (χ4n) is 2.30. The van der Waals surface area contributed by atoms with Gasteiger partial charge < -0.3 is 9.47 Å². The summed E-state index contributed by atoms with van der Waals surface area (Å²) in [4.78, 5) is 27.9. The first-order chi connectivity index (χ1) is 13.5. The van der Waals surface area contributed by atoms with Crippen LogP contribution in [0, 0.1) is 5.82 Å². The van der Waals surface area contributed by atoms with Gasteiger partial charge >= 0.3 is 12.1 Å². The lowest BCUT2D eigenvalue weighted by Gasteiger charge is -2.06. The molecule has 3 aromatic rings. The molecule has 0 aliphatic carbocycles. The number of thiazole rings is 1. The molecule has 28 heavy (non-hydrogen) atoms. The minimum atomic E-state index is -0.557. The largest absolute Gasteiger partial charge is 0.456 e. The van der Waals surface area contributed by atoms with Gasteiger partial charge in [-0.15, -0.1) is 11.3 Å². The van der Waals surface area contributed by atoms with E-state index < -0.39 is 12.1 Å². The number of anilines is 1. The van der Waals surface area contributed by atoms with Gasteiger partial charge in [0.2, 0.25) is 0 Å². The minimum absolute atomic E-state index is 0.0271. The van der Waals surface area contributed by atoms with E-state index in [0.717, 1.165) is 10.6 Å². The average molecular weight is 400 g/mol. The first-order valence-corrected chi connectivity index (χ1v) is 9.34. The standard InChI is InChI=1S/C20H17FN2O4S/c1-2-26-20(25)23-16-9-5-14(6-10-16)19(24)27-11-17-12-28-18(22-17)13-3-7-15(21)8-4-13/h3-10,12H,2,11H2,1H3,(H,23,25). The number of benzene rings is 2. The van der Waals surface area contributed by atoms with Crippen LogP contribution in [0.3, 0.4) is 0 Å². The van der Waals surface area contributed by atoms with Gasteiger partial charge in [-0.2, -0.15) is 0 Å². The normalized spacial score (nSPS) is 10.4. The molecule has 0 aliphatic rings. The summed E-state index contributed by atoms with van der Waals surface area (Å²) in [6.45, 7) is 2.01. The number of ether oxygens (including phenoxy) is 2. The zero-order valence-corrected chi connectivity index (χ0v) is 15.8. The Morgan fingerprint density at radius 2 is 1.79 bits per heavy atom. The molecule has 1 aromatic heterocycles. The van der Waals surface area contributed by atoms with Gasteiger partial charge in [-0.3, -0.25) is 5.32 Å². The second-order valence-electron chi connectivity index (χ2n) is 5.65. The van der Waals surface area contributed by atoms with E-state index in [9.17, 15) is 14.0 Å². The summed E-state index contributed by atoms with van der Waals surface area (Å²) in [6, 6.07) is 12.3. The lowest BCUT2D eigenvalue weighted by molar-refractivity contribution is 0.0468. The Bertz CT molecular complexity index is 955. The molecule has 6 nitrogen and oxygen atoms in total. The van der Waals surface area contributed by atoms with E-state index >= 15 is 0 Å². The summed E-state index contributed by atoms with van der Waals surface area (Å²) in [5.41, 5.74) is 2.27. The number of hydrogen-bond acceptors (Lipinski definition) is 6. The Hall–Kier alpha value is -3.26. The predicted molar refractivity (Wildman–Crippen MR) is 104 cm³/mol. The van der Waals surface area contributed by atoms with Crippen LogP contribution in [0.15, 0.2) is 53.9 Å². The van der Waals surface area contributed by atoms with Gasteiger partial charge in [0, 0.05) is 16.6 Å². The Balaban J connectivity index is 1.55. The van der Waals surface area contributed by atoms with Gasteiger partial charge in [-0.25, -0.2) is 19.0 Å². The third-order valence-electron chi connectivity index (χ3n) is 3.64. The number of esters is 1. The van der Waals surface area contributed by atoms with Crippen molar-refractivity contribution < 1.29 is 23.5 Å². The summed E-state index contributed by atoms with van der Waals surface area (Å²) in [5, 5.41) is 5.06. The Morgan fingerprint density at radius 3 is 2.46 bits per heavy atom. The molecule has 1 amide bonds. The van der Waals surface area contributed by atoms with E-state index in [1.165, 1.54) is 23.5 Å². The number of carbonyl (C=O) groups is 2. The van der Waals surface area contributed by atoms with Crippen LogP contribution in [0.2, 0.25) is 0 Å². The highest BCUT2D eigenvalue weighted by molar-refractivity contribution is 7.13. The lowest BCUT2D eigenvalue weighted by atomic mass is 10.2. The quantitative estimate of drug-likeness (QED) is 0.597. The van der Waals surface area contributed by atoms with E-state index in [4.69, 9.17) is 9.47 Å². The van der Waals surface area contributed by atoms with Gasteiger partial charge in [0.05, 0.1) is 17.9 Å². The first kappa shape index (κ1) is 19.5. The second kappa shape index (κ2) is 9.09. The number of halogens is 1. The molecule has 0 spiro atoms. The monoisotopic (exact) mass is 400 g/mol. The van der Waals surface area contributed by atoms with Crippen molar-refractivity contribution in [3.8, 4) is 10.6 Å². The number of hydrogen-bond donors (Lipinski definition) is 1. The van der Waals surface area contributed by atoms with Crippen molar-refractivity contribution in [1.82, 2.24) is 4.98 Å². The third-order valence-corrected chi connectivity index (χ3v) is 4.58. The van der Waals surface area contributed by atoms with Crippen LogP contribution in [0.25, 0.3) is 10.6 Å². The van der Waals surface area contributed by atoms with Gasteiger partial charge in [0.25, 0.3) is 0 Å². The van der Waals surface area contributed by atoms with Crippen molar-refractivity contribution in [3.63, 3.8) is 0 Å². The number of amides is 1. The molecule has 144 valence electrons. The maximum absolute atomic E-state index is 13.0. The van der Waals surface area contributed by atoms with Gasteiger partial charge in [0.15, 0.2) is 0 Å². The zero-order chi connectivity index (χ0) is 19.9. The molecule has 1 heterocycles. The Kier molecular flexibility index (Phi) is 6.33. The van der Waals surface area contributed by atoms with Gasteiger partial charge in [-0.05, 0) is 55.5 Å². The first-order valence-electron chi connectivity index (χ1n) is 8.46. The van der Waals surface area contributed by atoms with Crippen molar-refractivity contribution in [2.24, 2.45) is 0 Å². The topological polar surface area (TPSA) is 77.5 Å². The highest BCUT2D eigenvalue weighted by Crippen LogP contribution is 2.24. The summed E-state index contributed by atoms with van der Waals surface area (Å²) in [7, 11) is 0. The van der Waals surface area contributed by atoms with Crippen LogP contribution < -0.4 is 5.32 Å². The molecule has 0 aliphatic heterocycles. The fraction of sp³-hybridized carbons (Fsp3) is 0.150. The minimum Gasteiger partial charge on any atom is -0.456 e.